The first-order valence-corrected chi connectivity index (χ1v) is 10.8. The molecule has 6 rings (SSSR count). The predicted molar refractivity (Wildman–Crippen MR) is 119 cm³/mol. The van der Waals surface area contributed by atoms with Crippen LogP contribution in [0.1, 0.15) is 28.7 Å². The number of nitrogens with zero attached hydrogens (tertiary/aromatic N) is 2. The van der Waals surface area contributed by atoms with Gasteiger partial charge in [-0.15, -0.1) is 0 Å². The summed E-state index contributed by atoms with van der Waals surface area (Å²) in [6.45, 7) is 0. The van der Waals surface area contributed by atoms with Crippen molar-refractivity contribution in [3.63, 3.8) is 0 Å². The number of rotatable bonds is 1. The first-order chi connectivity index (χ1) is 15.4. The van der Waals surface area contributed by atoms with Crippen LogP contribution < -0.4 is 5.73 Å². The van der Waals surface area contributed by atoms with Crippen LogP contribution in [0.15, 0.2) is 65.7 Å². The molecule has 3 aromatic carbocycles. The van der Waals surface area contributed by atoms with Gasteiger partial charge >= 0.3 is 0 Å². The topological polar surface area (TPSA) is 50.8 Å². The molecule has 2 aliphatic carbocycles. The number of benzene rings is 3. The normalized spacial score (nSPS) is 25.8. The molecule has 6 heteroatoms. The molecule has 4 nitrogen and oxygen atoms in total. The zero-order valence-electron chi connectivity index (χ0n) is 17.7. The second kappa shape index (κ2) is 6.62. The number of hydrogen-bond acceptors (Lipinski definition) is 4. The van der Waals surface area contributed by atoms with Gasteiger partial charge in [-0.1, -0.05) is 42.5 Å². The van der Waals surface area contributed by atoms with Crippen LogP contribution in [0.5, 0.6) is 0 Å². The summed E-state index contributed by atoms with van der Waals surface area (Å²) in [4.78, 5) is 11.3. The fourth-order valence-electron chi connectivity index (χ4n) is 5.74. The first-order valence-electron chi connectivity index (χ1n) is 10.8. The molecular formula is C26H23F2N3O. The Balaban J connectivity index is 1.52. The van der Waals surface area contributed by atoms with Crippen molar-refractivity contribution in [3.8, 4) is 11.1 Å². The van der Waals surface area contributed by atoms with Gasteiger partial charge in [0.2, 0.25) is 11.7 Å². The second-order valence-corrected chi connectivity index (χ2v) is 9.11. The van der Waals surface area contributed by atoms with E-state index in [-0.39, 0.29) is 0 Å². The third-order valence-electron chi connectivity index (χ3n) is 7.34. The van der Waals surface area contributed by atoms with Gasteiger partial charge in [0.1, 0.15) is 0 Å². The minimum atomic E-state index is -0.992. The van der Waals surface area contributed by atoms with E-state index in [1.807, 2.05) is 18.2 Å². The van der Waals surface area contributed by atoms with Crippen LogP contribution in [-0.4, -0.2) is 18.1 Å². The summed E-state index contributed by atoms with van der Waals surface area (Å²) >= 11 is 0. The number of aliphatic imine (C=N–C) groups is 1. The van der Waals surface area contributed by atoms with Gasteiger partial charge in [0.25, 0.3) is 0 Å². The SMILES string of the molecule is CN1OC2(N=C1N)c1cc(-c3ccccc3)ccc1CC21CCc2cc(F)c(F)cc2C1. The Labute approximate surface area is 185 Å². The molecule has 0 amide bonds. The zero-order valence-corrected chi connectivity index (χ0v) is 17.7. The summed E-state index contributed by atoms with van der Waals surface area (Å²) < 4.78 is 28.0. The van der Waals surface area contributed by atoms with Crippen molar-refractivity contribution in [3.05, 3.63) is 94.6 Å². The Hall–Kier alpha value is -3.25. The maximum absolute atomic E-state index is 14.1. The van der Waals surface area contributed by atoms with Crippen molar-refractivity contribution < 1.29 is 13.6 Å². The summed E-state index contributed by atoms with van der Waals surface area (Å²) in [6, 6.07) is 19.3. The van der Waals surface area contributed by atoms with Gasteiger partial charge in [-0.25, -0.2) is 23.7 Å². The molecule has 3 aliphatic rings. The Bertz CT molecular complexity index is 1280. The Morgan fingerprint density at radius 2 is 1.62 bits per heavy atom. The highest BCUT2D eigenvalue weighted by Crippen LogP contribution is 2.61. The van der Waals surface area contributed by atoms with Gasteiger partial charge in [-0.3, -0.25) is 0 Å². The number of nitrogens with two attached hydrogens (primary N) is 1. The van der Waals surface area contributed by atoms with Gasteiger partial charge in [-0.05, 0) is 71.7 Å². The van der Waals surface area contributed by atoms with Crippen LogP contribution in [0.3, 0.4) is 0 Å². The van der Waals surface area contributed by atoms with Crippen LogP contribution in [0.2, 0.25) is 0 Å². The van der Waals surface area contributed by atoms with Crippen LogP contribution >= 0.6 is 0 Å². The van der Waals surface area contributed by atoms with Crippen LogP contribution in [-0.2, 0) is 29.8 Å². The molecule has 2 unspecified atom stereocenters. The number of guanidine groups is 1. The lowest BCUT2D eigenvalue weighted by Gasteiger charge is -2.44. The summed E-state index contributed by atoms with van der Waals surface area (Å²) in [5, 5.41) is 1.52. The average Bonchev–Trinajstić information content (AvgIpc) is 3.23. The van der Waals surface area contributed by atoms with E-state index in [9.17, 15) is 8.78 Å². The Kier molecular flexibility index (Phi) is 4.02. The molecule has 1 heterocycles. The monoisotopic (exact) mass is 431 g/mol. The van der Waals surface area contributed by atoms with Crippen LogP contribution in [0.25, 0.3) is 11.1 Å². The lowest BCUT2D eigenvalue weighted by Crippen LogP contribution is -2.47. The molecule has 32 heavy (non-hydrogen) atoms. The molecule has 2 N–H and O–H groups in total. The van der Waals surface area contributed by atoms with E-state index in [1.54, 1.807) is 7.05 Å². The molecule has 1 aliphatic heterocycles. The van der Waals surface area contributed by atoms with Crippen molar-refractivity contribution in [2.45, 2.75) is 31.4 Å². The maximum Gasteiger partial charge on any atom is 0.221 e. The fourth-order valence-corrected chi connectivity index (χ4v) is 5.74. The highest BCUT2D eigenvalue weighted by atomic mass is 19.2. The smallest absolute Gasteiger partial charge is 0.221 e. The molecular weight excluding hydrogens is 408 g/mol. The fraction of sp³-hybridized carbons (Fsp3) is 0.269. The summed E-state index contributed by atoms with van der Waals surface area (Å²) in [5.74, 6) is -1.29. The number of hydroxylamine groups is 2. The molecule has 3 aromatic rings. The maximum atomic E-state index is 14.1. The number of hydrogen-bond donors (Lipinski definition) is 1. The highest BCUT2D eigenvalue weighted by molar-refractivity contribution is 5.79. The number of fused-ring (bicyclic) bond motifs is 4. The predicted octanol–water partition coefficient (Wildman–Crippen LogP) is 4.71. The summed E-state index contributed by atoms with van der Waals surface area (Å²) in [6.07, 6.45) is 2.65. The summed E-state index contributed by atoms with van der Waals surface area (Å²) in [5.41, 5.74) is 10.8. The van der Waals surface area contributed by atoms with E-state index in [2.05, 4.69) is 30.3 Å². The first kappa shape index (κ1) is 19.4. The van der Waals surface area contributed by atoms with Gasteiger partial charge in [0.05, 0.1) is 0 Å². The van der Waals surface area contributed by atoms with Gasteiger partial charge < -0.3 is 5.73 Å². The quantitative estimate of drug-likeness (QED) is 0.607. The zero-order chi connectivity index (χ0) is 22.1. The Morgan fingerprint density at radius 1 is 0.906 bits per heavy atom. The van der Waals surface area contributed by atoms with Crippen molar-refractivity contribution in [1.82, 2.24) is 5.06 Å². The molecule has 0 aromatic heterocycles. The van der Waals surface area contributed by atoms with Crippen LogP contribution in [0.4, 0.5) is 8.78 Å². The van der Waals surface area contributed by atoms with E-state index < -0.39 is 22.8 Å². The molecule has 0 radical (unpaired) electrons. The average molecular weight is 431 g/mol. The molecule has 0 fully saturated rings. The highest BCUT2D eigenvalue weighted by Gasteiger charge is 2.63. The molecule has 0 saturated heterocycles. The van der Waals surface area contributed by atoms with Gasteiger partial charge in [0, 0.05) is 18.0 Å². The van der Waals surface area contributed by atoms with Crippen molar-refractivity contribution in [1.29, 1.82) is 0 Å². The lowest BCUT2D eigenvalue weighted by atomic mass is 9.65. The van der Waals surface area contributed by atoms with Crippen molar-refractivity contribution >= 4 is 5.96 Å². The largest absolute Gasteiger partial charge is 0.368 e. The molecule has 0 bridgehead atoms. The van der Waals surface area contributed by atoms with Gasteiger partial charge in [-0.2, -0.15) is 0 Å². The van der Waals surface area contributed by atoms with Crippen molar-refractivity contribution in [2.24, 2.45) is 16.1 Å². The minimum absolute atomic E-state index is 0.318. The molecule has 162 valence electrons. The van der Waals surface area contributed by atoms with Crippen LogP contribution in [0, 0.1) is 17.0 Å². The van der Waals surface area contributed by atoms with E-state index in [1.165, 1.54) is 17.2 Å². The minimum Gasteiger partial charge on any atom is -0.368 e. The van der Waals surface area contributed by atoms with E-state index in [4.69, 9.17) is 15.6 Å². The van der Waals surface area contributed by atoms with Crippen molar-refractivity contribution in [2.75, 3.05) is 7.05 Å². The van der Waals surface area contributed by atoms with E-state index in [0.717, 1.165) is 46.2 Å². The Morgan fingerprint density at radius 3 is 2.34 bits per heavy atom. The molecule has 0 saturated carbocycles. The number of halogens is 2. The van der Waals surface area contributed by atoms with Gasteiger partial charge in [0.15, 0.2) is 11.6 Å². The second-order valence-electron chi connectivity index (χ2n) is 9.11. The standard InChI is InChI=1S/C26H23F2N3O/c1-31-24(29)30-26(32-31)21-11-17(16-5-3-2-4-6-16)7-8-19(21)14-25(26)10-9-18-12-22(27)23(28)13-20(18)15-25/h2-8,11-13H,9-10,14-15H2,1H3,(H2,29,30). The summed E-state index contributed by atoms with van der Waals surface area (Å²) in [7, 11) is 1.76. The van der Waals surface area contributed by atoms with E-state index in [0.29, 0.717) is 18.8 Å². The number of aryl methyl sites for hydroxylation is 1. The van der Waals surface area contributed by atoms with E-state index >= 15 is 0 Å². The molecule has 2 atom stereocenters. The molecule has 2 spiro atoms. The lowest BCUT2D eigenvalue weighted by molar-refractivity contribution is -0.224. The third-order valence-corrected chi connectivity index (χ3v) is 7.34. The third kappa shape index (κ3) is 2.59.